The predicted molar refractivity (Wildman–Crippen MR) is 131 cm³/mol. The van der Waals surface area contributed by atoms with Gasteiger partial charge in [0.1, 0.15) is 28.2 Å². The minimum Gasteiger partial charge on any atom is -0.508 e. The van der Waals surface area contributed by atoms with E-state index in [1.54, 1.807) is 24.5 Å². The number of hydrogen-bond donors (Lipinski definition) is 2. The molecule has 0 saturated carbocycles. The lowest BCUT2D eigenvalue weighted by molar-refractivity contribution is 0.0954. The van der Waals surface area contributed by atoms with Gasteiger partial charge in [-0.1, -0.05) is 23.5 Å². The molecule has 174 valence electrons. The van der Waals surface area contributed by atoms with Gasteiger partial charge in [0.05, 0.1) is 6.20 Å². The number of phenols is 1. The SMILES string of the molecule is Cl.O=C(NCc1ccncc1)c1cnc(Oc2ccc3c(c2)CCC(c2cccc(O)c2)O3)s1. The average molecular weight is 496 g/mol. The van der Waals surface area contributed by atoms with Crippen LogP contribution in [-0.2, 0) is 13.0 Å². The summed E-state index contributed by atoms with van der Waals surface area (Å²) in [5.41, 5.74) is 2.98. The number of hydrogen-bond acceptors (Lipinski definition) is 7. The highest BCUT2D eigenvalue weighted by atomic mass is 35.5. The number of aromatic nitrogens is 2. The van der Waals surface area contributed by atoms with Gasteiger partial charge in [0.25, 0.3) is 11.1 Å². The third kappa shape index (κ3) is 5.47. The second kappa shape index (κ2) is 10.5. The minimum absolute atomic E-state index is 0. The van der Waals surface area contributed by atoms with E-state index < -0.39 is 0 Å². The van der Waals surface area contributed by atoms with Gasteiger partial charge in [0.2, 0.25) is 0 Å². The number of carbonyl (C=O) groups is 1. The summed E-state index contributed by atoms with van der Waals surface area (Å²) in [6, 6.07) is 16.5. The van der Waals surface area contributed by atoms with E-state index in [-0.39, 0.29) is 30.2 Å². The first-order valence-corrected chi connectivity index (χ1v) is 11.3. The topological polar surface area (TPSA) is 93.6 Å². The molecule has 3 heterocycles. The Kier molecular flexibility index (Phi) is 7.30. The number of nitrogens with zero attached hydrogens (tertiary/aromatic N) is 2. The van der Waals surface area contributed by atoms with Crippen molar-refractivity contribution in [3.63, 3.8) is 0 Å². The van der Waals surface area contributed by atoms with Crippen molar-refractivity contribution >= 4 is 29.7 Å². The molecule has 2 aromatic carbocycles. The Bertz CT molecular complexity index is 1280. The van der Waals surface area contributed by atoms with E-state index in [0.717, 1.165) is 35.3 Å². The molecule has 0 saturated heterocycles. The van der Waals surface area contributed by atoms with Crippen molar-refractivity contribution in [2.75, 3.05) is 0 Å². The van der Waals surface area contributed by atoms with Crippen molar-refractivity contribution in [1.29, 1.82) is 0 Å². The number of thiazole rings is 1. The van der Waals surface area contributed by atoms with Crippen molar-refractivity contribution in [2.45, 2.75) is 25.5 Å². The maximum absolute atomic E-state index is 12.4. The molecular formula is C25H22ClN3O4S. The standard InChI is InChI=1S/C25H21N3O4S.ClH/c29-19-3-1-2-17(12-19)21-6-4-18-13-20(5-7-22(18)32-21)31-25-28-15-23(33-25)24(30)27-14-16-8-10-26-11-9-16;/h1-3,5,7-13,15,21,29H,4,6,14H2,(H,27,30);1H. The summed E-state index contributed by atoms with van der Waals surface area (Å²) in [7, 11) is 0. The molecule has 5 rings (SSSR count). The summed E-state index contributed by atoms with van der Waals surface area (Å²) in [6.45, 7) is 0.420. The molecule has 0 radical (unpaired) electrons. The van der Waals surface area contributed by atoms with Gasteiger partial charge in [-0.15, -0.1) is 12.4 Å². The molecule has 7 nitrogen and oxygen atoms in total. The Balaban J connectivity index is 0.00000274. The number of benzene rings is 2. The molecular weight excluding hydrogens is 474 g/mol. The number of aryl methyl sites for hydroxylation is 1. The summed E-state index contributed by atoms with van der Waals surface area (Å²) in [5, 5.41) is 13.0. The van der Waals surface area contributed by atoms with Gasteiger partial charge in [-0.05, 0) is 72.0 Å². The fraction of sp³-hybridized carbons (Fsp3) is 0.160. The smallest absolute Gasteiger partial charge is 0.279 e. The van der Waals surface area contributed by atoms with Crippen molar-refractivity contribution in [2.24, 2.45) is 0 Å². The lowest BCUT2D eigenvalue weighted by Gasteiger charge is -2.26. The van der Waals surface area contributed by atoms with Gasteiger partial charge in [0, 0.05) is 18.9 Å². The van der Waals surface area contributed by atoms with E-state index in [2.05, 4.69) is 15.3 Å². The van der Waals surface area contributed by atoms with Crippen LogP contribution in [-0.4, -0.2) is 21.0 Å². The fourth-order valence-corrected chi connectivity index (χ4v) is 4.37. The summed E-state index contributed by atoms with van der Waals surface area (Å²) >= 11 is 1.19. The van der Waals surface area contributed by atoms with Gasteiger partial charge in [0.15, 0.2) is 0 Å². The lowest BCUT2D eigenvalue weighted by Crippen LogP contribution is -2.21. The van der Waals surface area contributed by atoms with Crippen LogP contribution in [0.2, 0.25) is 0 Å². The van der Waals surface area contributed by atoms with Crippen LogP contribution in [0.3, 0.4) is 0 Å². The van der Waals surface area contributed by atoms with E-state index in [1.807, 2.05) is 42.5 Å². The first kappa shape index (κ1) is 23.5. The zero-order valence-corrected chi connectivity index (χ0v) is 19.6. The van der Waals surface area contributed by atoms with Crippen LogP contribution in [0.5, 0.6) is 22.4 Å². The third-order valence-corrected chi connectivity index (χ3v) is 6.21. The van der Waals surface area contributed by atoms with Crippen molar-refractivity contribution < 1.29 is 19.4 Å². The minimum atomic E-state index is -0.198. The van der Waals surface area contributed by atoms with Crippen LogP contribution in [0.1, 0.15) is 38.9 Å². The molecule has 1 atom stereocenters. The summed E-state index contributed by atoms with van der Waals surface area (Å²) in [4.78, 5) is 21.1. The molecule has 9 heteroatoms. The largest absolute Gasteiger partial charge is 0.508 e. The maximum Gasteiger partial charge on any atom is 0.279 e. The van der Waals surface area contributed by atoms with E-state index >= 15 is 0 Å². The summed E-state index contributed by atoms with van der Waals surface area (Å²) < 4.78 is 12.0. The second-order valence-corrected chi connectivity index (χ2v) is 8.63. The molecule has 34 heavy (non-hydrogen) atoms. The number of pyridine rings is 1. The van der Waals surface area contributed by atoms with Gasteiger partial charge in [-0.2, -0.15) is 0 Å². The molecule has 1 amide bonds. The molecule has 0 aliphatic carbocycles. The van der Waals surface area contributed by atoms with Crippen molar-refractivity contribution in [1.82, 2.24) is 15.3 Å². The number of rotatable bonds is 6. The second-order valence-electron chi connectivity index (χ2n) is 7.64. The monoisotopic (exact) mass is 495 g/mol. The molecule has 1 aliphatic heterocycles. The number of phenolic OH excluding ortho intramolecular Hbond substituents is 1. The van der Waals surface area contributed by atoms with Crippen LogP contribution in [0, 0.1) is 0 Å². The van der Waals surface area contributed by atoms with Crippen molar-refractivity contribution in [3.05, 3.63) is 94.8 Å². The number of amides is 1. The zero-order valence-electron chi connectivity index (χ0n) is 18.0. The number of ether oxygens (including phenoxy) is 2. The van der Waals surface area contributed by atoms with E-state index in [1.165, 1.54) is 17.5 Å². The molecule has 1 unspecified atom stereocenters. The average Bonchev–Trinajstić information content (AvgIpc) is 3.31. The highest BCUT2D eigenvalue weighted by molar-refractivity contribution is 7.15. The highest BCUT2D eigenvalue weighted by Gasteiger charge is 2.22. The van der Waals surface area contributed by atoms with Crippen LogP contribution >= 0.6 is 23.7 Å². The molecule has 0 fully saturated rings. The van der Waals surface area contributed by atoms with Gasteiger partial charge >= 0.3 is 0 Å². The molecule has 0 bridgehead atoms. The lowest BCUT2D eigenvalue weighted by atomic mass is 9.97. The van der Waals surface area contributed by atoms with E-state index in [4.69, 9.17) is 9.47 Å². The Morgan fingerprint density at radius 1 is 1.18 bits per heavy atom. The molecule has 2 N–H and O–H groups in total. The highest BCUT2D eigenvalue weighted by Crippen LogP contribution is 2.38. The first-order valence-electron chi connectivity index (χ1n) is 10.5. The number of carbonyl (C=O) groups excluding carboxylic acids is 1. The number of fused-ring (bicyclic) bond motifs is 1. The zero-order chi connectivity index (χ0) is 22.6. The first-order chi connectivity index (χ1) is 16.1. The molecule has 1 aliphatic rings. The number of aromatic hydroxyl groups is 1. The molecule has 4 aromatic rings. The molecule has 0 spiro atoms. The van der Waals surface area contributed by atoms with Gasteiger partial charge < -0.3 is 19.9 Å². The van der Waals surface area contributed by atoms with Crippen LogP contribution in [0.25, 0.3) is 0 Å². The number of nitrogens with one attached hydrogen (secondary N) is 1. The van der Waals surface area contributed by atoms with Gasteiger partial charge in [-0.25, -0.2) is 4.98 Å². The normalized spacial score (nSPS) is 14.3. The Hall–Kier alpha value is -3.62. The Labute approximate surface area is 206 Å². The molecule has 2 aromatic heterocycles. The van der Waals surface area contributed by atoms with Crippen molar-refractivity contribution in [3.8, 4) is 22.4 Å². The van der Waals surface area contributed by atoms with E-state index in [0.29, 0.717) is 22.4 Å². The Morgan fingerprint density at radius 2 is 2.03 bits per heavy atom. The van der Waals surface area contributed by atoms with Crippen LogP contribution in [0.15, 0.2) is 73.2 Å². The van der Waals surface area contributed by atoms with Gasteiger partial charge in [-0.3, -0.25) is 9.78 Å². The van der Waals surface area contributed by atoms with E-state index in [9.17, 15) is 9.90 Å². The summed E-state index contributed by atoms with van der Waals surface area (Å²) in [5.74, 6) is 1.49. The Morgan fingerprint density at radius 3 is 2.85 bits per heavy atom. The number of halogens is 1. The maximum atomic E-state index is 12.4. The quantitative estimate of drug-likeness (QED) is 0.369. The van der Waals surface area contributed by atoms with Crippen LogP contribution < -0.4 is 14.8 Å². The fourth-order valence-electron chi connectivity index (χ4n) is 3.67. The van der Waals surface area contributed by atoms with Crippen LogP contribution in [0.4, 0.5) is 0 Å². The third-order valence-electron chi connectivity index (χ3n) is 5.33. The predicted octanol–water partition coefficient (Wildman–Crippen LogP) is 5.45. The summed E-state index contributed by atoms with van der Waals surface area (Å²) in [6.07, 6.45) is 6.44.